The van der Waals surface area contributed by atoms with E-state index in [1.807, 2.05) is 18.2 Å². The molecule has 0 bridgehead atoms. The molecule has 0 radical (unpaired) electrons. The molecule has 2 N–H and O–H groups in total. The van der Waals surface area contributed by atoms with Crippen LogP contribution in [0, 0.1) is 18.6 Å². The highest BCUT2D eigenvalue weighted by atomic mass is 19.1. The molecule has 17 heavy (non-hydrogen) atoms. The normalized spacial score (nSPS) is 10.5. The zero-order chi connectivity index (χ0) is 12.4. The predicted molar refractivity (Wildman–Crippen MR) is 64.8 cm³/mol. The van der Waals surface area contributed by atoms with Crippen LogP contribution >= 0.6 is 0 Å². The summed E-state index contributed by atoms with van der Waals surface area (Å²) >= 11 is 0. The lowest BCUT2D eigenvalue weighted by molar-refractivity contribution is 0.574. The second-order valence-electron chi connectivity index (χ2n) is 4.05. The van der Waals surface area contributed by atoms with Gasteiger partial charge in [0.05, 0.1) is 0 Å². The van der Waals surface area contributed by atoms with Crippen molar-refractivity contribution in [3.63, 3.8) is 0 Å². The van der Waals surface area contributed by atoms with E-state index < -0.39 is 11.6 Å². The van der Waals surface area contributed by atoms with Gasteiger partial charge in [-0.15, -0.1) is 0 Å². The number of benzene rings is 2. The molecular formula is C14H13F2N. The fourth-order valence-electron chi connectivity index (χ4n) is 1.78. The van der Waals surface area contributed by atoms with E-state index in [-0.39, 0.29) is 0 Å². The summed E-state index contributed by atoms with van der Waals surface area (Å²) in [5.74, 6) is -1.08. The lowest BCUT2D eigenvalue weighted by atomic mass is 9.99. The van der Waals surface area contributed by atoms with E-state index in [1.54, 1.807) is 13.0 Å². The summed E-state index contributed by atoms with van der Waals surface area (Å²) in [6.07, 6.45) is 0.438. The number of rotatable bonds is 2. The molecule has 3 heteroatoms. The first-order valence-electron chi connectivity index (χ1n) is 5.36. The molecule has 1 nitrogen and oxygen atoms in total. The third-order valence-electron chi connectivity index (χ3n) is 2.85. The molecule has 0 fully saturated rings. The zero-order valence-electron chi connectivity index (χ0n) is 9.50. The first-order chi connectivity index (χ1) is 8.08. The number of nitrogen functional groups attached to an aromatic ring is 1. The van der Waals surface area contributed by atoms with Gasteiger partial charge in [-0.1, -0.05) is 18.2 Å². The number of hydrogen-bond acceptors (Lipinski definition) is 1. The molecule has 0 aliphatic carbocycles. The van der Waals surface area contributed by atoms with Crippen molar-refractivity contribution in [3.05, 3.63) is 64.7 Å². The van der Waals surface area contributed by atoms with Crippen LogP contribution < -0.4 is 5.73 Å². The van der Waals surface area contributed by atoms with Gasteiger partial charge in [0.1, 0.15) is 11.6 Å². The summed E-state index contributed by atoms with van der Waals surface area (Å²) in [6, 6.07) is 9.57. The van der Waals surface area contributed by atoms with Crippen molar-refractivity contribution in [2.75, 3.05) is 5.73 Å². The third kappa shape index (κ3) is 2.44. The molecule has 0 atom stereocenters. The van der Waals surface area contributed by atoms with Crippen LogP contribution in [0.2, 0.25) is 0 Å². The van der Waals surface area contributed by atoms with Crippen molar-refractivity contribution in [1.82, 2.24) is 0 Å². The van der Waals surface area contributed by atoms with Crippen molar-refractivity contribution in [1.29, 1.82) is 0 Å². The third-order valence-corrected chi connectivity index (χ3v) is 2.85. The van der Waals surface area contributed by atoms with Crippen LogP contribution in [0.5, 0.6) is 0 Å². The van der Waals surface area contributed by atoms with Gasteiger partial charge in [-0.3, -0.25) is 0 Å². The van der Waals surface area contributed by atoms with E-state index in [9.17, 15) is 8.78 Å². The van der Waals surface area contributed by atoms with Crippen molar-refractivity contribution in [2.45, 2.75) is 13.3 Å². The minimum absolute atomic E-state index is 0.438. The van der Waals surface area contributed by atoms with Gasteiger partial charge < -0.3 is 5.73 Å². The lowest BCUT2D eigenvalue weighted by Gasteiger charge is -2.09. The summed E-state index contributed by atoms with van der Waals surface area (Å²) in [4.78, 5) is 0. The molecule has 0 amide bonds. The highest BCUT2D eigenvalue weighted by Gasteiger charge is 2.09. The van der Waals surface area contributed by atoms with E-state index in [0.717, 1.165) is 11.6 Å². The Morgan fingerprint density at radius 3 is 2.47 bits per heavy atom. The first-order valence-corrected chi connectivity index (χ1v) is 5.36. The van der Waals surface area contributed by atoms with Crippen LogP contribution in [0.25, 0.3) is 0 Å². The lowest BCUT2D eigenvalue weighted by Crippen LogP contribution is -1.99. The second kappa shape index (κ2) is 4.53. The van der Waals surface area contributed by atoms with Crippen LogP contribution in [0.4, 0.5) is 14.5 Å². The summed E-state index contributed by atoms with van der Waals surface area (Å²) in [5, 5.41) is 0. The molecule has 0 unspecified atom stereocenters. The van der Waals surface area contributed by atoms with Gasteiger partial charge in [0.25, 0.3) is 0 Å². The Kier molecular flexibility index (Phi) is 3.09. The number of para-hydroxylation sites is 1. The monoisotopic (exact) mass is 233 g/mol. The molecule has 2 aromatic rings. The highest BCUT2D eigenvalue weighted by molar-refractivity contribution is 5.49. The van der Waals surface area contributed by atoms with Crippen LogP contribution in [0.15, 0.2) is 36.4 Å². The quantitative estimate of drug-likeness (QED) is 0.790. The maximum atomic E-state index is 13.4. The summed E-state index contributed by atoms with van der Waals surface area (Å²) in [5.41, 5.74) is 8.41. The van der Waals surface area contributed by atoms with Gasteiger partial charge in [0.2, 0.25) is 0 Å². The molecule has 0 aromatic heterocycles. The van der Waals surface area contributed by atoms with Gasteiger partial charge in [-0.2, -0.15) is 0 Å². The molecule has 0 saturated heterocycles. The smallest absolute Gasteiger partial charge is 0.129 e. The maximum absolute atomic E-state index is 13.4. The van der Waals surface area contributed by atoms with E-state index in [1.165, 1.54) is 6.07 Å². The standard InChI is InChI=1S/C14H13F2N/c1-9-11(7-12(15)8-13(9)16)6-10-4-2-3-5-14(10)17/h2-5,7-8H,6,17H2,1H3. The van der Waals surface area contributed by atoms with Gasteiger partial charge in [0.15, 0.2) is 0 Å². The summed E-state index contributed by atoms with van der Waals surface area (Å²) < 4.78 is 26.5. The molecule has 0 aliphatic heterocycles. The molecule has 2 rings (SSSR count). The van der Waals surface area contributed by atoms with Crippen molar-refractivity contribution >= 4 is 5.69 Å². The van der Waals surface area contributed by atoms with Crippen LogP contribution in [0.1, 0.15) is 16.7 Å². The topological polar surface area (TPSA) is 26.0 Å². The first kappa shape index (κ1) is 11.6. The Hall–Kier alpha value is -1.90. The molecule has 0 heterocycles. The summed E-state index contributed by atoms with van der Waals surface area (Å²) in [6.45, 7) is 1.64. The number of anilines is 1. The molecule has 0 spiro atoms. The largest absolute Gasteiger partial charge is 0.398 e. The van der Waals surface area contributed by atoms with Crippen molar-refractivity contribution in [2.24, 2.45) is 0 Å². The van der Waals surface area contributed by atoms with Crippen LogP contribution in [-0.2, 0) is 6.42 Å². The number of hydrogen-bond donors (Lipinski definition) is 1. The maximum Gasteiger partial charge on any atom is 0.129 e. The Balaban J connectivity index is 2.40. The van der Waals surface area contributed by atoms with E-state index in [0.29, 0.717) is 23.2 Å². The fourth-order valence-corrected chi connectivity index (χ4v) is 1.78. The average molecular weight is 233 g/mol. The molecule has 0 aliphatic rings. The Morgan fingerprint density at radius 2 is 1.76 bits per heavy atom. The highest BCUT2D eigenvalue weighted by Crippen LogP contribution is 2.21. The van der Waals surface area contributed by atoms with E-state index in [2.05, 4.69) is 0 Å². The van der Waals surface area contributed by atoms with Crippen LogP contribution in [0.3, 0.4) is 0 Å². The average Bonchev–Trinajstić information content (AvgIpc) is 2.28. The Morgan fingerprint density at radius 1 is 1.06 bits per heavy atom. The molecule has 0 saturated carbocycles. The Labute approximate surface area is 98.9 Å². The SMILES string of the molecule is Cc1c(F)cc(F)cc1Cc1ccccc1N. The van der Waals surface area contributed by atoms with Gasteiger partial charge in [-0.05, 0) is 42.2 Å². The predicted octanol–water partition coefficient (Wildman–Crippen LogP) is 3.45. The van der Waals surface area contributed by atoms with E-state index in [4.69, 9.17) is 5.73 Å². The van der Waals surface area contributed by atoms with Crippen LogP contribution in [-0.4, -0.2) is 0 Å². The van der Waals surface area contributed by atoms with Crippen molar-refractivity contribution in [3.8, 4) is 0 Å². The minimum Gasteiger partial charge on any atom is -0.398 e. The molecule has 2 aromatic carbocycles. The fraction of sp³-hybridized carbons (Fsp3) is 0.143. The van der Waals surface area contributed by atoms with Crippen molar-refractivity contribution < 1.29 is 8.78 Å². The second-order valence-corrected chi connectivity index (χ2v) is 4.05. The van der Waals surface area contributed by atoms with Gasteiger partial charge in [-0.25, -0.2) is 8.78 Å². The minimum atomic E-state index is -0.558. The van der Waals surface area contributed by atoms with Gasteiger partial charge >= 0.3 is 0 Å². The van der Waals surface area contributed by atoms with E-state index >= 15 is 0 Å². The van der Waals surface area contributed by atoms with Gasteiger partial charge in [0, 0.05) is 11.8 Å². The number of halogens is 2. The zero-order valence-corrected chi connectivity index (χ0v) is 9.50. The number of nitrogens with two attached hydrogens (primary N) is 1. The molecule has 88 valence electrons. The summed E-state index contributed by atoms with van der Waals surface area (Å²) in [7, 11) is 0. The molecular weight excluding hydrogens is 220 g/mol. The Bertz CT molecular complexity index is 550.